The smallest absolute Gasteiger partial charge is 0.313 e. The molecule has 0 aromatic carbocycles. The molecule has 0 aromatic rings. The Morgan fingerprint density at radius 2 is 1.81 bits per heavy atom. The summed E-state index contributed by atoms with van der Waals surface area (Å²) in [7, 11) is 1.43. The van der Waals surface area contributed by atoms with E-state index in [-0.39, 0.29) is 29.5 Å². The van der Waals surface area contributed by atoms with Crippen molar-refractivity contribution in [3.63, 3.8) is 0 Å². The van der Waals surface area contributed by atoms with E-state index in [1.165, 1.54) is 76.0 Å². The summed E-state index contributed by atoms with van der Waals surface area (Å²) in [6, 6.07) is 0. The topological polar surface area (TPSA) is 88.1 Å². The second-order valence-corrected chi connectivity index (χ2v) is 17.8. The van der Waals surface area contributed by atoms with Gasteiger partial charge in [-0.3, -0.25) is 9.69 Å². The van der Waals surface area contributed by atoms with Crippen molar-refractivity contribution in [2.75, 3.05) is 46.7 Å². The predicted octanol–water partition coefficient (Wildman–Crippen LogP) is 6.94. The standard InChI is InChI=1S/C41H66N2O5/c1-7-20-43(22-23-48-27-45)21-19-42-41-15-8-9-34(41)30-10-11-36-39(4,33(30)13-18-41)17-14-35-38(2,3)32(12-16-40(35,36)5)28-24-29(26-44)31(25-28)37(46)47-6/h12,25-26,29-31,33-36,42,45H,7-11,13-24,27H2,1-6H3/t29?,30?,31?,33?,34-,35?,36?,39?,40?,41?/m1/s1. The number of esters is 1. The Labute approximate surface area is 291 Å². The summed E-state index contributed by atoms with van der Waals surface area (Å²) in [4.78, 5) is 27.0. The second-order valence-electron chi connectivity index (χ2n) is 17.8. The van der Waals surface area contributed by atoms with Gasteiger partial charge in [0.15, 0.2) is 0 Å². The zero-order valence-electron chi connectivity index (χ0n) is 31.0. The average Bonchev–Trinajstić information content (AvgIpc) is 3.69. The molecule has 0 spiro atoms. The van der Waals surface area contributed by atoms with Crippen molar-refractivity contribution in [1.29, 1.82) is 0 Å². The molecular formula is C41H66N2O5. The van der Waals surface area contributed by atoms with Crippen LogP contribution in [0.3, 0.4) is 0 Å². The Bertz CT molecular complexity index is 1250. The number of nitrogens with zero attached hydrogens (tertiary/aromatic N) is 1. The SMILES string of the molecule is CCCN(CCNC12CCC[C@@H]1C1CCC3C(C)(CCC4C(C)(C)C(C5=CC(C(=O)OC)C(C=O)C5)=CCC43C)C1CC2)CCOCO. The van der Waals surface area contributed by atoms with E-state index in [4.69, 9.17) is 14.6 Å². The summed E-state index contributed by atoms with van der Waals surface area (Å²) < 4.78 is 10.3. The Hall–Kier alpha value is -1.54. The maximum atomic E-state index is 12.5. The van der Waals surface area contributed by atoms with Crippen LogP contribution in [0.1, 0.15) is 112 Å². The number of methoxy groups -OCH3 is 1. The van der Waals surface area contributed by atoms with Crippen LogP contribution in [-0.2, 0) is 19.1 Å². The van der Waals surface area contributed by atoms with Crippen molar-refractivity contribution in [2.24, 2.45) is 57.7 Å². The molecule has 0 heterocycles. The maximum absolute atomic E-state index is 12.5. The largest absolute Gasteiger partial charge is 0.469 e. The van der Waals surface area contributed by atoms with E-state index < -0.39 is 5.92 Å². The Morgan fingerprint density at radius 3 is 2.54 bits per heavy atom. The van der Waals surface area contributed by atoms with Crippen LogP contribution in [-0.4, -0.2) is 74.5 Å². The van der Waals surface area contributed by atoms with Crippen molar-refractivity contribution in [3.05, 3.63) is 23.3 Å². The molecule has 7 nitrogen and oxygen atoms in total. The molecule has 6 aliphatic carbocycles. The van der Waals surface area contributed by atoms with Gasteiger partial charge in [0.1, 0.15) is 13.1 Å². The first-order chi connectivity index (χ1) is 23.0. The summed E-state index contributed by atoms with van der Waals surface area (Å²) >= 11 is 0. The molecule has 0 saturated heterocycles. The van der Waals surface area contributed by atoms with Gasteiger partial charge in [-0.25, -0.2) is 0 Å². The maximum Gasteiger partial charge on any atom is 0.313 e. The molecule has 0 aliphatic heterocycles. The molecule has 6 aliphatic rings. The van der Waals surface area contributed by atoms with Gasteiger partial charge in [-0.15, -0.1) is 0 Å². The zero-order valence-corrected chi connectivity index (χ0v) is 31.0. The van der Waals surface area contributed by atoms with Crippen LogP contribution in [0.4, 0.5) is 0 Å². The first-order valence-corrected chi connectivity index (χ1v) is 19.6. The highest BCUT2D eigenvalue weighted by molar-refractivity contribution is 5.80. The highest BCUT2D eigenvalue weighted by atomic mass is 16.6. The third-order valence-corrected chi connectivity index (χ3v) is 15.5. The number of allylic oxidation sites excluding steroid dienone is 3. The van der Waals surface area contributed by atoms with Gasteiger partial charge in [0.25, 0.3) is 0 Å². The van der Waals surface area contributed by atoms with Crippen molar-refractivity contribution in [2.45, 2.75) is 117 Å². The lowest BCUT2D eigenvalue weighted by Gasteiger charge is -2.68. The molecule has 7 heteroatoms. The number of carbonyl (C=O) groups is 2. The molecule has 6 rings (SSSR count). The summed E-state index contributed by atoms with van der Waals surface area (Å²) in [6.07, 6.45) is 20.6. The van der Waals surface area contributed by atoms with E-state index in [1.54, 1.807) is 0 Å². The molecule has 10 atom stereocenters. The fourth-order valence-electron chi connectivity index (χ4n) is 13.5. The van der Waals surface area contributed by atoms with Gasteiger partial charge >= 0.3 is 5.97 Å². The summed E-state index contributed by atoms with van der Waals surface area (Å²) in [5.41, 5.74) is 3.56. The highest BCUT2D eigenvalue weighted by Crippen LogP contribution is 2.72. The Morgan fingerprint density at radius 1 is 1.00 bits per heavy atom. The van der Waals surface area contributed by atoms with Gasteiger partial charge in [0.05, 0.1) is 19.6 Å². The van der Waals surface area contributed by atoms with E-state index >= 15 is 0 Å². The molecule has 0 radical (unpaired) electrons. The number of hydrogen-bond acceptors (Lipinski definition) is 7. The number of carbonyl (C=O) groups excluding carboxylic acids is 2. The quantitative estimate of drug-likeness (QED) is 0.0953. The number of ether oxygens (including phenoxy) is 2. The van der Waals surface area contributed by atoms with Gasteiger partial charge in [-0.05, 0) is 134 Å². The van der Waals surface area contributed by atoms with Crippen LogP contribution >= 0.6 is 0 Å². The molecule has 0 aromatic heterocycles. The monoisotopic (exact) mass is 666 g/mol. The molecule has 4 fully saturated rings. The number of aliphatic hydroxyl groups is 1. The molecule has 48 heavy (non-hydrogen) atoms. The number of rotatable bonds is 13. The molecule has 270 valence electrons. The van der Waals surface area contributed by atoms with E-state index in [1.807, 2.05) is 0 Å². The van der Waals surface area contributed by atoms with Crippen molar-refractivity contribution < 1.29 is 24.2 Å². The van der Waals surface area contributed by atoms with Crippen molar-refractivity contribution >= 4 is 12.3 Å². The van der Waals surface area contributed by atoms with E-state index in [2.05, 4.69) is 57.0 Å². The summed E-state index contributed by atoms with van der Waals surface area (Å²) in [6.45, 7) is 17.0. The molecule has 0 amide bonds. The van der Waals surface area contributed by atoms with E-state index in [9.17, 15) is 9.59 Å². The molecular weight excluding hydrogens is 600 g/mol. The average molecular weight is 667 g/mol. The second kappa shape index (κ2) is 14.2. The minimum absolute atomic E-state index is 0.00241. The van der Waals surface area contributed by atoms with Crippen LogP contribution in [0.25, 0.3) is 0 Å². The van der Waals surface area contributed by atoms with E-state index in [0.717, 1.165) is 69.0 Å². The van der Waals surface area contributed by atoms with Gasteiger partial charge < -0.3 is 24.7 Å². The molecule has 4 saturated carbocycles. The van der Waals surface area contributed by atoms with Crippen LogP contribution in [0, 0.1) is 57.7 Å². The molecule has 9 unspecified atom stereocenters. The zero-order chi connectivity index (χ0) is 34.3. The number of fused-ring (bicyclic) bond motifs is 7. The van der Waals surface area contributed by atoms with Crippen LogP contribution < -0.4 is 5.32 Å². The fourth-order valence-corrected chi connectivity index (χ4v) is 13.5. The molecule has 2 N–H and O–H groups in total. The predicted molar refractivity (Wildman–Crippen MR) is 190 cm³/mol. The summed E-state index contributed by atoms with van der Waals surface area (Å²) in [5.74, 6) is 2.72. The van der Waals surface area contributed by atoms with Gasteiger partial charge in [-0.2, -0.15) is 0 Å². The Balaban J connectivity index is 1.17. The summed E-state index contributed by atoms with van der Waals surface area (Å²) in [5, 5.41) is 13.3. The fraction of sp³-hybridized carbons (Fsp3) is 0.854. The lowest BCUT2D eigenvalue weighted by atomic mass is 9.37. The number of aliphatic hydroxyl groups excluding tert-OH is 1. The normalized spacial score (nSPS) is 41.5. The van der Waals surface area contributed by atoms with Crippen LogP contribution in [0.15, 0.2) is 23.3 Å². The number of hydrogen-bond donors (Lipinski definition) is 2. The van der Waals surface area contributed by atoms with Crippen LogP contribution in [0.2, 0.25) is 0 Å². The number of nitrogens with one attached hydrogen (secondary N) is 1. The van der Waals surface area contributed by atoms with Crippen LogP contribution in [0.5, 0.6) is 0 Å². The minimum Gasteiger partial charge on any atom is -0.469 e. The minimum atomic E-state index is -0.456. The highest BCUT2D eigenvalue weighted by Gasteiger charge is 2.65. The van der Waals surface area contributed by atoms with Gasteiger partial charge in [-0.1, -0.05) is 53.2 Å². The first kappa shape index (κ1) is 36.3. The molecule has 0 bridgehead atoms. The lowest BCUT2D eigenvalue weighted by Crippen LogP contribution is -2.64. The van der Waals surface area contributed by atoms with E-state index in [0.29, 0.717) is 29.9 Å². The van der Waals surface area contributed by atoms with Gasteiger partial charge in [0, 0.05) is 31.1 Å². The van der Waals surface area contributed by atoms with Crippen molar-refractivity contribution in [3.8, 4) is 0 Å². The lowest BCUT2D eigenvalue weighted by molar-refractivity contribution is -0.175. The third-order valence-electron chi connectivity index (χ3n) is 15.5. The first-order valence-electron chi connectivity index (χ1n) is 19.6. The Kier molecular flexibility index (Phi) is 10.8. The van der Waals surface area contributed by atoms with Crippen molar-refractivity contribution in [1.82, 2.24) is 10.2 Å². The third kappa shape index (κ3) is 6.09. The van der Waals surface area contributed by atoms with Gasteiger partial charge in [0.2, 0.25) is 0 Å². The number of aldehydes is 1.